The van der Waals surface area contributed by atoms with Crippen LogP contribution in [0.1, 0.15) is 19.4 Å². The molecule has 0 amide bonds. The fourth-order valence-electron chi connectivity index (χ4n) is 1.61. The summed E-state index contributed by atoms with van der Waals surface area (Å²) in [5, 5.41) is 3.22. The van der Waals surface area contributed by atoms with Crippen molar-refractivity contribution < 1.29 is 22.6 Å². The Labute approximate surface area is 117 Å². The fourth-order valence-corrected chi connectivity index (χ4v) is 1.61. The second-order valence-electron chi connectivity index (χ2n) is 4.91. The minimum absolute atomic E-state index is 0.105. The van der Waals surface area contributed by atoms with Gasteiger partial charge in [0.25, 0.3) is 0 Å². The first-order valence-electron chi connectivity index (χ1n) is 6.39. The standard InChI is InChI=1S/C14H20F3NO2/c1-10(2)7-18-8-11-4-5-12(19-3)13(6-11)20-9-14(15,16)17/h4-6,10,18H,7-9H2,1-3H3. The third-order valence-electron chi connectivity index (χ3n) is 2.50. The number of hydrogen-bond donors (Lipinski definition) is 1. The summed E-state index contributed by atoms with van der Waals surface area (Å²) in [6.45, 7) is 4.25. The fraction of sp³-hybridized carbons (Fsp3) is 0.571. The first-order valence-corrected chi connectivity index (χ1v) is 6.39. The Hall–Kier alpha value is -1.43. The van der Waals surface area contributed by atoms with Crippen LogP contribution in [-0.4, -0.2) is 26.4 Å². The maximum atomic E-state index is 12.2. The van der Waals surface area contributed by atoms with Gasteiger partial charge in [0, 0.05) is 6.54 Å². The monoisotopic (exact) mass is 291 g/mol. The number of ether oxygens (including phenoxy) is 2. The Morgan fingerprint density at radius 1 is 1.20 bits per heavy atom. The molecule has 0 heterocycles. The maximum absolute atomic E-state index is 12.2. The Morgan fingerprint density at radius 2 is 1.90 bits per heavy atom. The van der Waals surface area contributed by atoms with Crippen molar-refractivity contribution in [2.24, 2.45) is 5.92 Å². The van der Waals surface area contributed by atoms with Gasteiger partial charge < -0.3 is 14.8 Å². The molecule has 0 aliphatic heterocycles. The molecule has 1 aromatic carbocycles. The average molecular weight is 291 g/mol. The van der Waals surface area contributed by atoms with E-state index in [0.717, 1.165) is 12.1 Å². The van der Waals surface area contributed by atoms with Gasteiger partial charge in [-0.05, 0) is 30.2 Å². The molecule has 0 aliphatic carbocycles. The molecule has 0 saturated carbocycles. The molecule has 0 bridgehead atoms. The lowest BCUT2D eigenvalue weighted by atomic mass is 10.2. The lowest BCUT2D eigenvalue weighted by Gasteiger charge is -2.14. The topological polar surface area (TPSA) is 30.5 Å². The number of halogens is 3. The lowest BCUT2D eigenvalue weighted by Crippen LogP contribution is -2.20. The van der Waals surface area contributed by atoms with Crippen LogP contribution in [0.25, 0.3) is 0 Å². The molecule has 6 heteroatoms. The Kier molecular flexibility index (Phi) is 6.13. The molecule has 1 N–H and O–H groups in total. The molecule has 0 fully saturated rings. The minimum atomic E-state index is -4.36. The molecule has 3 nitrogen and oxygen atoms in total. The first kappa shape index (κ1) is 16.6. The molecule has 0 radical (unpaired) electrons. The molecule has 0 atom stereocenters. The van der Waals surface area contributed by atoms with Gasteiger partial charge in [0.2, 0.25) is 0 Å². The number of hydrogen-bond acceptors (Lipinski definition) is 3. The summed E-state index contributed by atoms with van der Waals surface area (Å²) in [6.07, 6.45) is -4.36. The van der Waals surface area contributed by atoms with Crippen molar-refractivity contribution >= 4 is 0 Å². The zero-order chi connectivity index (χ0) is 15.2. The maximum Gasteiger partial charge on any atom is 0.422 e. The highest BCUT2D eigenvalue weighted by Crippen LogP contribution is 2.29. The SMILES string of the molecule is COc1ccc(CNCC(C)C)cc1OCC(F)(F)F. The summed E-state index contributed by atoms with van der Waals surface area (Å²) in [7, 11) is 1.40. The molecule has 1 rings (SSSR count). The number of rotatable bonds is 7. The highest BCUT2D eigenvalue weighted by molar-refractivity contribution is 5.43. The summed E-state index contributed by atoms with van der Waals surface area (Å²) < 4.78 is 46.4. The van der Waals surface area contributed by atoms with Gasteiger partial charge in [-0.2, -0.15) is 13.2 Å². The van der Waals surface area contributed by atoms with Crippen LogP contribution in [0.15, 0.2) is 18.2 Å². The van der Waals surface area contributed by atoms with Gasteiger partial charge in [0.05, 0.1) is 7.11 Å². The number of alkyl halides is 3. The predicted octanol–water partition coefficient (Wildman–Crippen LogP) is 3.38. The van der Waals surface area contributed by atoms with Crippen molar-refractivity contribution in [2.45, 2.75) is 26.6 Å². The molecular formula is C14H20F3NO2. The van der Waals surface area contributed by atoms with E-state index in [1.807, 2.05) is 0 Å². The molecule has 0 saturated heterocycles. The number of methoxy groups -OCH3 is 1. The first-order chi connectivity index (χ1) is 9.31. The van der Waals surface area contributed by atoms with Gasteiger partial charge >= 0.3 is 6.18 Å². The van der Waals surface area contributed by atoms with Crippen LogP contribution in [0.4, 0.5) is 13.2 Å². The minimum Gasteiger partial charge on any atom is -0.493 e. The van der Waals surface area contributed by atoms with Crippen LogP contribution >= 0.6 is 0 Å². The quantitative estimate of drug-likeness (QED) is 0.835. The van der Waals surface area contributed by atoms with Gasteiger partial charge in [0.1, 0.15) is 0 Å². The van der Waals surface area contributed by atoms with E-state index < -0.39 is 12.8 Å². The van der Waals surface area contributed by atoms with Crippen molar-refractivity contribution in [1.29, 1.82) is 0 Å². The largest absolute Gasteiger partial charge is 0.493 e. The molecule has 1 aromatic rings. The smallest absolute Gasteiger partial charge is 0.422 e. The van der Waals surface area contributed by atoms with E-state index in [2.05, 4.69) is 19.2 Å². The highest BCUT2D eigenvalue weighted by Gasteiger charge is 2.29. The van der Waals surface area contributed by atoms with Crippen molar-refractivity contribution in [3.63, 3.8) is 0 Å². The zero-order valence-corrected chi connectivity index (χ0v) is 11.9. The van der Waals surface area contributed by atoms with Crippen LogP contribution in [0.3, 0.4) is 0 Å². The van der Waals surface area contributed by atoms with E-state index in [1.54, 1.807) is 18.2 Å². The molecule has 0 unspecified atom stereocenters. The lowest BCUT2D eigenvalue weighted by molar-refractivity contribution is -0.153. The third-order valence-corrected chi connectivity index (χ3v) is 2.50. The van der Waals surface area contributed by atoms with E-state index in [9.17, 15) is 13.2 Å². The van der Waals surface area contributed by atoms with Crippen molar-refractivity contribution in [1.82, 2.24) is 5.32 Å². The number of benzene rings is 1. The van der Waals surface area contributed by atoms with Gasteiger partial charge in [-0.25, -0.2) is 0 Å². The van der Waals surface area contributed by atoms with Gasteiger partial charge in [-0.3, -0.25) is 0 Å². The Morgan fingerprint density at radius 3 is 2.45 bits per heavy atom. The second-order valence-corrected chi connectivity index (χ2v) is 4.91. The molecule has 20 heavy (non-hydrogen) atoms. The van der Waals surface area contributed by atoms with Crippen LogP contribution < -0.4 is 14.8 Å². The van der Waals surface area contributed by atoms with E-state index in [0.29, 0.717) is 18.2 Å². The summed E-state index contributed by atoms with van der Waals surface area (Å²) in [4.78, 5) is 0. The normalized spacial score (nSPS) is 11.8. The van der Waals surface area contributed by atoms with Crippen LogP contribution in [0.5, 0.6) is 11.5 Å². The van der Waals surface area contributed by atoms with E-state index in [4.69, 9.17) is 9.47 Å². The van der Waals surface area contributed by atoms with E-state index in [1.165, 1.54) is 7.11 Å². The van der Waals surface area contributed by atoms with Crippen molar-refractivity contribution in [3.05, 3.63) is 23.8 Å². The van der Waals surface area contributed by atoms with Crippen molar-refractivity contribution in [2.75, 3.05) is 20.3 Å². The summed E-state index contributed by atoms with van der Waals surface area (Å²) >= 11 is 0. The molecule has 0 aliphatic rings. The number of nitrogens with one attached hydrogen (secondary N) is 1. The molecule has 114 valence electrons. The molecular weight excluding hydrogens is 271 g/mol. The van der Waals surface area contributed by atoms with E-state index in [-0.39, 0.29) is 5.75 Å². The summed E-state index contributed by atoms with van der Waals surface area (Å²) in [5.74, 6) is 0.907. The van der Waals surface area contributed by atoms with Gasteiger partial charge in [0.15, 0.2) is 18.1 Å². The van der Waals surface area contributed by atoms with Gasteiger partial charge in [-0.15, -0.1) is 0 Å². The molecule has 0 aromatic heterocycles. The highest BCUT2D eigenvalue weighted by atomic mass is 19.4. The Bertz CT molecular complexity index is 419. The van der Waals surface area contributed by atoms with Crippen LogP contribution in [0.2, 0.25) is 0 Å². The summed E-state index contributed by atoms with van der Waals surface area (Å²) in [5.41, 5.74) is 0.851. The van der Waals surface area contributed by atoms with Crippen LogP contribution in [-0.2, 0) is 6.54 Å². The second kappa shape index (κ2) is 7.38. The van der Waals surface area contributed by atoms with E-state index >= 15 is 0 Å². The molecule has 0 spiro atoms. The Balaban J connectivity index is 2.70. The van der Waals surface area contributed by atoms with Gasteiger partial charge in [-0.1, -0.05) is 19.9 Å². The van der Waals surface area contributed by atoms with Crippen molar-refractivity contribution in [3.8, 4) is 11.5 Å². The van der Waals surface area contributed by atoms with Crippen LogP contribution in [0, 0.1) is 5.92 Å². The zero-order valence-electron chi connectivity index (χ0n) is 11.9. The third kappa shape index (κ3) is 6.14. The predicted molar refractivity (Wildman–Crippen MR) is 71.1 cm³/mol. The summed E-state index contributed by atoms with van der Waals surface area (Å²) in [6, 6.07) is 4.97. The average Bonchev–Trinajstić information content (AvgIpc) is 2.35.